The summed E-state index contributed by atoms with van der Waals surface area (Å²) in [6.07, 6.45) is 0. The lowest BCUT2D eigenvalue weighted by Gasteiger charge is -2.14. The molecule has 3 nitrogen and oxygen atoms in total. The number of rotatable bonds is 4. The van der Waals surface area contributed by atoms with Crippen molar-refractivity contribution in [2.24, 2.45) is 0 Å². The van der Waals surface area contributed by atoms with Crippen molar-refractivity contribution in [2.45, 2.75) is 19.8 Å². The highest BCUT2D eigenvalue weighted by Gasteiger charge is 2.22. The van der Waals surface area contributed by atoms with Crippen LogP contribution in [0, 0.1) is 6.92 Å². The van der Waals surface area contributed by atoms with Crippen molar-refractivity contribution >= 4 is 11.8 Å². The van der Waals surface area contributed by atoms with E-state index in [0.29, 0.717) is 11.1 Å². The summed E-state index contributed by atoms with van der Waals surface area (Å²) in [4.78, 5) is 23.7. The first-order valence-corrected chi connectivity index (χ1v) is 6.44. The number of carbonyl (C=O) groups is 2. The summed E-state index contributed by atoms with van der Waals surface area (Å²) in [5.41, 5.74) is 2.21. The van der Waals surface area contributed by atoms with Gasteiger partial charge in [-0.3, -0.25) is 4.79 Å². The monoisotopic (exact) mass is 268 g/mol. The van der Waals surface area contributed by atoms with Crippen molar-refractivity contribution in [2.75, 3.05) is 0 Å². The second-order valence-electron chi connectivity index (χ2n) is 4.85. The van der Waals surface area contributed by atoms with E-state index in [1.54, 1.807) is 43.3 Å². The van der Waals surface area contributed by atoms with Crippen molar-refractivity contribution < 1.29 is 14.7 Å². The fourth-order valence-electron chi connectivity index (χ4n) is 2.23. The third-order valence-corrected chi connectivity index (χ3v) is 3.36. The van der Waals surface area contributed by atoms with Gasteiger partial charge in [0, 0.05) is 11.5 Å². The van der Waals surface area contributed by atoms with E-state index in [2.05, 4.69) is 0 Å². The number of benzene rings is 2. The van der Waals surface area contributed by atoms with E-state index >= 15 is 0 Å². The van der Waals surface area contributed by atoms with Gasteiger partial charge in [-0.15, -0.1) is 0 Å². The van der Waals surface area contributed by atoms with Gasteiger partial charge in [-0.25, -0.2) is 4.79 Å². The molecule has 0 bridgehead atoms. The molecule has 0 aromatic heterocycles. The van der Waals surface area contributed by atoms with Gasteiger partial charge in [-0.05, 0) is 18.6 Å². The second-order valence-corrected chi connectivity index (χ2v) is 4.85. The fraction of sp³-hybridized carbons (Fsp3) is 0.176. The Balaban J connectivity index is 2.41. The third kappa shape index (κ3) is 2.77. The van der Waals surface area contributed by atoms with E-state index in [1.165, 1.54) is 0 Å². The molecule has 0 amide bonds. The summed E-state index contributed by atoms with van der Waals surface area (Å²) < 4.78 is 0. The molecule has 0 heterocycles. The molecule has 20 heavy (non-hydrogen) atoms. The zero-order valence-corrected chi connectivity index (χ0v) is 11.5. The molecule has 0 aliphatic heterocycles. The number of carbonyl (C=O) groups excluding carboxylic acids is 1. The van der Waals surface area contributed by atoms with Crippen LogP contribution in [0.25, 0.3) is 0 Å². The van der Waals surface area contributed by atoms with E-state index in [1.807, 2.05) is 19.1 Å². The smallest absolute Gasteiger partial charge is 0.335 e. The highest BCUT2D eigenvalue weighted by Crippen LogP contribution is 2.25. The van der Waals surface area contributed by atoms with Crippen LogP contribution < -0.4 is 0 Å². The molecule has 2 aromatic rings. The molecule has 3 heteroatoms. The third-order valence-electron chi connectivity index (χ3n) is 3.36. The topological polar surface area (TPSA) is 54.4 Å². The van der Waals surface area contributed by atoms with Crippen LogP contribution in [0.2, 0.25) is 0 Å². The number of ketones is 1. The minimum Gasteiger partial charge on any atom is -0.478 e. The first-order valence-electron chi connectivity index (χ1n) is 6.44. The van der Waals surface area contributed by atoms with Gasteiger partial charge in [0.05, 0.1) is 5.56 Å². The summed E-state index contributed by atoms with van der Waals surface area (Å²) in [7, 11) is 0. The number of Topliss-reactive ketones (excluding diaryl/α,β-unsaturated/α-hetero) is 1. The van der Waals surface area contributed by atoms with Crippen molar-refractivity contribution in [1.82, 2.24) is 0 Å². The van der Waals surface area contributed by atoms with Crippen molar-refractivity contribution in [3.63, 3.8) is 0 Å². The van der Waals surface area contributed by atoms with Crippen LogP contribution in [-0.4, -0.2) is 16.9 Å². The molecule has 2 aromatic carbocycles. The number of aromatic carboxylic acids is 1. The zero-order chi connectivity index (χ0) is 14.7. The lowest BCUT2D eigenvalue weighted by atomic mass is 9.88. The average Bonchev–Trinajstić information content (AvgIpc) is 2.46. The molecule has 102 valence electrons. The van der Waals surface area contributed by atoms with Crippen LogP contribution in [0.15, 0.2) is 48.5 Å². The summed E-state index contributed by atoms with van der Waals surface area (Å²) in [5.74, 6) is -1.56. The van der Waals surface area contributed by atoms with Gasteiger partial charge in [-0.2, -0.15) is 0 Å². The van der Waals surface area contributed by atoms with Crippen LogP contribution in [-0.2, 0) is 0 Å². The number of aryl methyl sites for hydroxylation is 1. The number of hydrogen-bond acceptors (Lipinski definition) is 2. The van der Waals surface area contributed by atoms with Crippen molar-refractivity contribution in [1.29, 1.82) is 0 Å². The molecule has 0 aliphatic rings. The van der Waals surface area contributed by atoms with Gasteiger partial charge < -0.3 is 5.11 Å². The van der Waals surface area contributed by atoms with E-state index < -0.39 is 11.9 Å². The van der Waals surface area contributed by atoms with Gasteiger partial charge in [0.15, 0.2) is 5.78 Å². The summed E-state index contributed by atoms with van der Waals surface area (Å²) in [6, 6.07) is 14.1. The molecule has 0 fully saturated rings. The van der Waals surface area contributed by atoms with Crippen molar-refractivity contribution in [3.8, 4) is 0 Å². The standard InChI is InChI=1S/C17H16O3/c1-11-8-9-14(15(10-11)17(19)20)12(2)16(18)13-6-4-3-5-7-13/h3-10,12H,1-2H3,(H,19,20). The van der Waals surface area contributed by atoms with E-state index in [9.17, 15) is 14.7 Å². The number of hydrogen-bond donors (Lipinski definition) is 1. The number of carboxylic acids is 1. The van der Waals surface area contributed by atoms with Crippen LogP contribution in [0.4, 0.5) is 0 Å². The molecule has 1 atom stereocenters. The van der Waals surface area contributed by atoms with Crippen LogP contribution in [0.3, 0.4) is 0 Å². The highest BCUT2D eigenvalue weighted by atomic mass is 16.4. The SMILES string of the molecule is Cc1ccc(C(C)C(=O)c2ccccc2)c(C(=O)O)c1. The van der Waals surface area contributed by atoms with Crippen LogP contribution in [0.5, 0.6) is 0 Å². The Morgan fingerprint density at radius 2 is 1.70 bits per heavy atom. The molecule has 1 unspecified atom stereocenters. The predicted molar refractivity (Wildman–Crippen MR) is 77.3 cm³/mol. The predicted octanol–water partition coefficient (Wildman–Crippen LogP) is 3.68. The molecular formula is C17H16O3. The van der Waals surface area contributed by atoms with E-state index in [0.717, 1.165) is 5.56 Å². The highest BCUT2D eigenvalue weighted by molar-refractivity contribution is 6.02. The normalized spacial score (nSPS) is 11.9. The van der Waals surface area contributed by atoms with Gasteiger partial charge in [0.2, 0.25) is 0 Å². The maximum absolute atomic E-state index is 12.4. The molecule has 0 saturated heterocycles. The Morgan fingerprint density at radius 1 is 1.05 bits per heavy atom. The zero-order valence-electron chi connectivity index (χ0n) is 11.5. The van der Waals surface area contributed by atoms with E-state index in [4.69, 9.17) is 0 Å². The Hall–Kier alpha value is -2.42. The fourth-order valence-corrected chi connectivity index (χ4v) is 2.23. The Bertz CT molecular complexity index is 645. The van der Waals surface area contributed by atoms with Crippen molar-refractivity contribution in [3.05, 3.63) is 70.8 Å². The van der Waals surface area contributed by atoms with Crippen LogP contribution in [0.1, 0.15) is 44.7 Å². The molecule has 0 saturated carbocycles. The molecule has 0 spiro atoms. The molecular weight excluding hydrogens is 252 g/mol. The van der Waals surface area contributed by atoms with E-state index in [-0.39, 0.29) is 11.3 Å². The maximum Gasteiger partial charge on any atom is 0.335 e. The molecule has 0 radical (unpaired) electrons. The van der Waals surface area contributed by atoms with Gasteiger partial charge in [0.25, 0.3) is 0 Å². The Kier molecular flexibility index (Phi) is 3.99. The Morgan fingerprint density at radius 3 is 2.30 bits per heavy atom. The minimum absolute atomic E-state index is 0.0723. The summed E-state index contributed by atoms with van der Waals surface area (Å²) in [5, 5.41) is 9.28. The summed E-state index contributed by atoms with van der Waals surface area (Å²) >= 11 is 0. The quantitative estimate of drug-likeness (QED) is 0.860. The Labute approximate surface area is 117 Å². The molecule has 1 N–H and O–H groups in total. The van der Waals surface area contributed by atoms with Gasteiger partial charge in [-0.1, -0.05) is 55.0 Å². The maximum atomic E-state index is 12.4. The first kappa shape index (κ1) is 14.0. The van der Waals surface area contributed by atoms with Crippen LogP contribution >= 0.6 is 0 Å². The van der Waals surface area contributed by atoms with Gasteiger partial charge >= 0.3 is 5.97 Å². The molecule has 2 rings (SSSR count). The lowest BCUT2D eigenvalue weighted by Crippen LogP contribution is -2.14. The minimum atomic E-state index is -1.00. The number of carboxylic acid groups (broad SMARTS) is 1. The average molecular weight is 268 g/mol. The van der Waals surface area contributed by atoms with Gasteiger partial charge in [0.1, 0.15) is 0 Å². The second kappa shape index (κ2) is 5.70. The summed E-state index contributed by atoms with van der Waals surface area (Å²) in [6.45, 7) is 3.58. The first-order chi connectivity index (χ1) is 9.50. The molecule has 0 aliphatic carbocycles. The largest absolute Gasteiger partial charge is 0.478 e. The lowest BCUT2D eigenvalue weighted by molar-refractivity contribution is 0.0695.